The maximum atomic E-state index is 13.4. The monoisotopic (exact) mass is 488 g/mol. The van der Waals surface area contributed by atoms with Crippen LogP contribution in [0.4, 0.5) is 5.82 Å². The first-order chi connectivity index (χ1) is 17.0. The smallest absolute Gasteiger partial charge is 0.253 e. The summed E-state index contributed by atoms with van der Waals surface area (Å²) in [6, 6.07) is 19.0. The number of pyridine rings is 1. The SMILES string of the molecule is CN(C(=O)c1ccc2c(c1)[C@H](NC(=O)c1ccccc1Cl)CC2)C1CCN(c2ccccn2)CC1. The molecule has 1 N–H and O–H groups in total. The zero-order valence-electron chi connectivity index (χ0n) is 19.8. The molecular weight excluding hydrogens is 460 g/mol. The van der Waals surface area contributed by atoms with Crippen LogP contribution in [0, 0.1) is 0 Å². The molecule has 1 aromatic heterocycles. The third kappa shape index (κ3) is 4.89. The number of nitrogens with zero attached hydrogens (tertiary/aromatic N) is 3. The quantitative estimate of drug-likeness (QED) is 0.555. The average molecular weight is 489 g/mol. The molecular formula is C28H29ClN4O2. The number of hydrogen-bond acceptors (Lipinski definition) is 4. The number of carbonyl (C=O) groups excluding carboxylic acids is 2. The molecule has 7 heteroatoms. The van der Waals surface area contributed by atoms with Gasteiger partial charge >= 0.3 is 0 Å². The van der Waals surface area contributed by atoms with Crippen molar-refractivity contribution in [3.05, 3.63) is 94.1 Å². The Kier molecular flexibility index (Phi) is 6.73. The highest BCUT2D eigenvalue weighted by Crippen LogP contribution is 2.33. The van der Waals surface area contributed by atoms with Gasteiger partial charge in [-0.15, -0.1) is 0 Å². The van der Waals surface area contributed by atoms with Gasteiger partial charge in [-0.2, -0.15) is 0 Å². The molecule has 0 bridgehead atoms. The second kappa shape index (κ2) is 10.1. The number of halogens is 1. The van der Waals surface area contributed by atoms with Gasteiger partial charge in [-0.1, -0.05) is 35.9 Å². The number of benzene rings is 2. The fraction of sp³-hybridized carbons (Fsp3) is 0.321. The number of piperidine rings is 1. The summed E-state index contributed by atoms with van der Waals surface area (Å²) in [5, 5.41) is 3.54. The molecule has 2 aromatic carbocycles. The zero-order chi connectivity index (χ0) is 24.4. The van der Waals surface area contributed by atoms with Gasteiger partial charge in [-0.3, -0.25) is 9.59 Å². The molecule has 1 atom stereocenters. The maximum Gasteiger partial charge on any atom is 0.253 e. The van der Waals surface area contributed by atoms with E-state index in [0.29, 0.717) is 16.1 Å². The standard InChI is InChI=1S/C28H29ClN4O2/c1-32(21-13-16-33(17-14-21)26-8-4-5-15-30-26)28(35)20-10-9-19-11-12-25(23(19)18-20)31-27(34)22-6-2-3-7-24(22)29/h2-10,15,18,21,25H,11-14,16-17H2,1H3,(H,31,34)/t25-/m1/s1. The molecule has 1 fully saturated rings. The Morgan fingerprint density at radius 2 is 1.80 bits per heavy atom. The second-order valence-corrected chi connectivity index (χ2v) is 9.69. The van der Waals surface area contributed by atoms with Crippen molar-refractivity contribution in [1.29, 1.82) is 0 Å². The molecule has 0 saturated carbocycles. The van der Waals surface area contributed by atoms with Gasteiger partial charge in [0.25, 0.3) is 11.8 Å². The van der Waals surface area contributed by atoms with E-state index >= 15 is 0 Å². The first-order valence-electron chi connectivity index (χ1n) is 12.1. The third-order valence-corrected chi connectivity index (χ3v) is 7.53. The van der Waals surface area contributed by atoms with Crippen LogP contribution in [0.3, 0.4) is 0 Å². The van der Waals surface area contributed by atoms with E-state index in [2.05, 4.69) is 15.2 Å². The Morgan fingerprint density at radius 3 is 2.54 bits per heavy atom. The minimum atomic E-state index is -0.193. The predicted molar refractivity (Wildman–Crippen MR) is 138 cm³/mol. The van der Waals surface area contributed by atoms with Crippen molar-refractivity contribution in [2.75, 3.05) is 25.0 Å². The number of hydrogen-bond donors (Lipinski definition) is 1. The van der Waals surface area contributed by atoms with E-state index < -0.39 is 0 Å². The number of rotatable bonds is 5. The summed E-state index contributed by atoms with van der Waals surface area (Å²) in [4.78, 5) is 34.8. The van der Waals surface area contributed by atoms with E-state index in [1.54, 1.807) is 24.3 Å². The van der Waals surface area contributed by atoms with Crippen molar-refractivity contribution in [2.45, 2.75) is 37.8 Å². The van der Waals surface area contributed by atoms with Crippen molar-refractivity contribution in [2.24, 2.45) is 0 Å². The fourth-order valence-corrected chi connectivity index (χ4v) is 5.38. The molecule has 2 amide bonds. The molecule has 3 aromatic rings. The molecule has 35 heavy (non-hydrogen) atoms. The van der Waals surface area contributed by atoms with Gasteiger partial charge in [0.15, 0.2) is 0 Å². The van der Waals surface area contributed by atoms with Crippen LogP contribution in [0.5, 0.6) is 0 Å². The number of amides is 2. The first kappa shape index (κ1) is 23.4. The van der Waals surface area contributed by atoms with Gasteiger partial charge in [-0.25, -0.2) is 4.98 Å². The molecule has 0 unspecified atom stereocenters. The Balaban J connectivity index is 1.25. The van der Waals surface area contributed by atoms with Crippen molar-refractivity contribution in [3.63, 3.8) is 0 Å². The molecule has 0 radical (unpaired) electrons. The minimum absolute atomic E-state index is 0.0205. The highest BCUT2D eigenvalue weighted by atomic mass is 35.5. The van der Waals surface area contributed by atoms with Crippen LogP contribution in [-0.4, -0.2) is 47.9 Å². The van der Waals surface area contributed by atoms with E-state index in [4.69, 9.17) is 11.6 Å². The lowest BCUT2D eigenvalue weighted by atomic mass is 10.00. The predicted octanol–water partition coefficient (Wildman–Crippen LogP) is 4.89. The number of nitrogens with one attached hydrogen (secondary N) is 1. The van der Waals surface area contributed by atoms with E-state index in [0.717, 1.165) is 50.2 Å². The van der Waals surface area contributed by atoms with Crippen LogP contribution in [-0.2, 0) is 6.42 Å². The van der Waals surface area contributed by atoms with Gasteiger partial charge in [0.2, 0.25) is 0 Å². The molecule has 1 aliphatic heterocycles. The van der Waals surface area contributed by atoms with Crippen LogP contribution in [0.1, 0.15) is 57.1 Å². The summed E-state index contributed by atoms with van der Waals surface area (Å²) in [6.45, 7) is 1.75. The Labute approximate surface area is 210 Å². The molecule has 2 aliphatic rings. The highest BCUT2D eigenvalue weighted by molar-refractivity contribution is 6.33. The van der Waals surface area contributed by atoms with Gasteiger partial charge in [0.1, 0.15) is 5.82 Å². The Morgan fingerprint density at radius 1 is 1.03 bits per heavy atom. The van der Waals surface area contributed by atoms with Crippen molar-refractivity contribution < 1.29 is 9.59 Å². The van der Waals surface area contributed by atoms with Crippen LogP contribution in [0.2, 0.25) is 5.02 Å². The molecule has 0 spiro atoms. The summed E-state index contributed by atoms with van der Waals surface area (Å²) in [6.07, 6.45) is 5.31. The van der Waals surface area contributed by atoms with Crippen LogP contribution in [0.15, 0.2) is 66.9 Å². The summed E-state index contributed by atoms with van der Waals surface area (Å²) in [7, 11) is 1.90. The van der Waals surface area contributed by atoms with Crippen LogP contribution in [0.25, 0.3) is 0 Å². The van der Waals surface area contributed by atoms with Crippen molar-refractivity contribution in [3.8, 4) is 0 Å². The molecule has 2 heterocycles. The second-order valence-electron chi connectivity index (χ2n) is 9.28. The molecule has 1 aliphatic carbocycles. The summed E-state index contributed by atoms with van der Waals surface area (Å²) in [5.74, 6) is 0.817. The fourth-order valence-electron chi connectivity index (χ4n) is 5.16. The van der Waals surface area contributed by atoms with Crippen molar-refractivity contribution in [1.82, 2.24) is 15.2 Å². The zero-order valence-corrected chi connectivity index (χ0v) is 20.5. The van der Waals surface area contributed by atoms with Gasteiger partial charge < -0.3 is 15.1 Å². The number of carbonyl (C=O) groups is 2. The molecule has 180 valence electrons. The Hall–Kier alpha value is -3.38. The van der Waals surface area contributed by atoms with E-state index in [-0.39, 0.29) is 23.9 Å². The molecule has 1 saturated heterocycles. The lowest BCUT2D eigenvalue weighted by Gasteiger charge is -2.37. The minimum Gasteiger partial charge on any atom is -0.356 e. The van der Waals surface area contributed by atoms with Crippen molar-refractivity contribution >= 4 is 29.2 Å². The molecule has 5 rings (SSSR count). The topological polar surface area (TPSA) is 65.5 Å². The van der Waals surface area contributed by atoms with Gasteiger partial charge in [0, 0.05) is 37.9 Å². The molecule has 6 nitrogen and oxygen atoms in total. The number of aryl methyl sites for hydroxylation is 1. The number of aromatic nitrogens is 1. The number of fused-ring (bicyclic) bond motifs is 1. The van der Waals surface area contributed by atoms with E-state index in [1.165, 1.54) is 5.56 Å². The highest BCUT2D eigenvalue weighted by Gasteiger charge is 2.29. The third-order valence-electron chi connectivity index (χ3n) is 7.20. The largest absolute Gasteiger partial charge is 0.356 e. The summed E-state index contributed by atoms with van der Waals surface area (Å²) in [5.41, 5.74) is 3.33. The maximum absolute atomic E-state index is 13.4. The summed E-state index contributed by atoms with van der Waals surface area (Å²) < 4.78 is 0. The van der Waals surface area contributed by atoms with E-state index in [1.807, 2.05) is 54.5 Å². The first-order valence-corrected chi connectivity index (χ1v) is 12.5. The van der Waals surface area contributed by atoms with E-state index in [9.17, 15) is 9.59 Å². The lowest BCUT2D eigenvalue weighted by molar-refractivity contribution is 0.0709. The number of anilines is 1. The normalized spacial score (nSPS) is 17.7. The van der Waals surface area contributed by atoms with Crippen LogP contribution < -0.4 is 10.2 Å². The van der Waals surface area contributed by atoms with Gasteiger partial charge in [0.05, 0.1) is 16.6 Å². The average Bonchev–Trinajstić information content (AvgIpc) is 3.30. The Bertz CT molecular complexity index is 1220. The summed E-state index contributed by atoms with van der Waals surface area (Å²) >= 11 is 6.21. The van der Waals surface area contributed by atoms with Gasteiger partial charge in [-0.05, 0) is 73.2 Å². The lowest BCUT2D eigenvalue weighted by Crippen LogP contribution is -2.45. The van der Waals surface area contributed by atoms with Crippen LogP contribution >= 0.6 is 11.6 Å².